The van der Waals surface area contributed by atoms with Crippen LogP contribution in [0, 0.1) is 11.8 Å². The van der Waals surface area contributed by atoms with E-state index < -0.39 is 35.8 Å². The van der Waals surface area contributed by atoms with E-state index in [1.54, 1.807) is 12.3 Å². The summed E-state index contributed by atoms with van der Waals surface area (Å²) in [6.45, 7) is 0.122. The summed E-state index contributed by atoms with van der Waals surface area (Å²) in [5.41, 5.74) is 6.73. The molecule has 0 aliphatic heterocycles. The first-order valence-electron chi connectivity index (χ1n) is 11.6. The van der Waals surface area contributed by atoms with Gasteiger partial charge in [-0.15, -0.1) is 5.06 Å². The first-order valence-corrected chi connectivity index (χ1v) is 11.6. The normalized spacial score (nSPS) is 17.7. The second-order valence-corrected chi connectivity index (χ2v) is 8.69. The number of primary amides is 1. The average Bonchev–Trinajstić information content (AvgIpc) is 2.89. The molecule has 2 atom stereocenters. The first kappa shape index (κ1) is 25.9. The van der Waals surface area contributed by atoms with Crippen LogP contribution in [0.1, 0.15) is 31.2 Å². The van der Waals surface area contributed by atoms with Crippen LogP contribution >= 0.6 is 0 Å². The van der Waals surface area contributed by atoms with E-state index in [1.807, 2.05) is 24.3 Å². The predicted molar refractivity (Wildman–Crippen MR) is 127 cm³/mol. The van der Waals surface area contributed by atoms with Crippen LogP contribution in [0.25, 0.3) is 10.9 Å². The molecule has 1 aromatic heterocycles. The molecule has 1 aliphatic rings. The lowest BCUT2D eigenvalue weighted by Gasteiger charge is -2.32. The standard InChI is InChI=1S/C26H24F3N3O5/c27-26(28,29)25(35)37-32(24(34)19-6-2-1-5-18(19)23(30)33)17-11-9-16(10-12-17)15-36-22-13-14-31-21-8-4-3-7-20(21)22/h3-4,7-14,18-19H,1-2,5-6,15H2,(H2,30,33). The van der Waals surface area contributed by atoms with Gasteiger partial charge in [0, 0.05) is 17.5 Å². The smallest absolute Gasteiger partial charge is 0.488 e. The van der Waals surface area contributed by atoms with Crippen LogP contribution in [0.2, 0.25) is 0 Å². The number of alkyl halides is 3. The molecule has 11 heteroatoms. The number of halogens is 3. The van der Waals surface area contributed by atoms with Gasteiger partial charge in [0.05, 0.1) is 17.1 Å². The summed E-state index contributed by atoms with van der Waals surface area (Å²) < 4.78 is 44.8. The molecule has 3 aromatic rings. The van der Waals surface area contributed by atoms with Crippen molar-refractivity contribution in [2.24, 2.45) is 17.6 Å². The summed E-state index contributed by atoms with van der Waals surface area (Å²) in [6, 6.07) is 14.9. The number of nitrogens with zero attached hydrogens (tertiary/aromatic N) is 2. The number of anilines is 1. The Bertz CT molecular complexity index is 1290. The maximum absolute atomic E-state index is 13.2. The van der Waals surface area contributed by atoms with Crippen molar-refractivity contribution in [1.82, 2.24) is 4.98 Å². The van der Waals surface area contributed by atoms with Crippen molar-refractivity contribution >= 4 is 34.4 Å². The third kappa shape index (κ3) is 5.99. The van der Waals surface area contributed by atoms with Gasteiger partial charge in [-0.05, 0) is 48.7 Å². The van der Waals surface area contributed by atoms with Crippen molar-refractivity contribution in [3.05, 3.63) is 66.4 Å². The van der Waals surface area contributed by atoms with Crippen molar-refractivity contribution in [1.29, 1.82) is 0 Å². The van der Waals surface area contributed by atoms with Crippen LogP contribution in [-0.4, -0.2) is 28.9 Å². The number of hydrogen-bond donors (Lipinski definition) is 1. The SMILES string of the molecule is NC(=O)C1CCCCC1C(=O)N(OC(=O)C(F)(F)F)c1ccc(COc2ccnc3ccccc23)cc1. The second-order valence-electron chi connectivity index (χ2n) is 8.69. The summed E-state index contributed by atoms with van der Waals surface area (Å²) >= 11 is 0. The van der Waals surface area contributed by atoms with Gasteiger partial charge in [0.1, 0.15) is 12.4 Å². The number of aromatic nitrogens is 1. The Morgan fingerprint density at radius 2 is 1.65 bits per heavy atom. The number of carbonyl (C=O) groups is 3. The maximum atomic E-state index is 13.2. The lowest BCUT2D eigenvalue weighted by molar-refractivity contribution is -0.202. The van der Waals surface area contributed by atoms with Gasteiger partial charge < -0.3 is 15.3 Å². The van der Waals surface area contributed by atoms with Crippen molar-refractivity contribution in [3.63, 3.8) is 0 Å². The van der Waals surface area contributed by atoms with Crippen LogP contribution in [0.5, 0.6) is 5.75 Å². The highest BCUT2D eigenvalue weighted by Gasteiger charge is 2.45. The number of carbonyl (C=O) groups excluding carboxylic acids is 3. The fourth-order valence-electron chi connectivity index (χ4n) is 4.36. The Hall–Kier alpha value is -4.15. The molecule has 2 aromatic carbocycles. The van der Waals surface area contributed by atoms with Crippen molar-refractivity contribution in [3.8, 4) is 5.75 Å². The summed E-state index contributed by atoms with van der Waals surface area (Å²) in [7, 11) is 0. The van der Waals surface area contributed by atoms with Gasteiger partial charge in [-0.2, -0.15) is 13.2 Å². The molecule has 37 heavy (non-hydrogen) atoms. The van der Waals surface area contributed by atoms with E-state index in [0.717, 1.165) is 10.9 Å². The fraction of sp³-hybridized carbons (Fsp3) is 0.308. The number of hydroxylamine groups is 1. The van der Waals surface area contributed by atoms with Gasteiger partial charge in [-0.3, -0.25) is 14.6 Å². The van der Waals surface area contributed by atoms with Gasteiger partial charge in [-0.25, -0.2) is 4.79 Å². The summed E-state index contributed by atoms with van der Waals surface area (Å²) in [6.07, 6.45) is -1.91. The van der Waals surface area contributed by atoms with E-state index in [9.17, 15) is 27.6 Å². The molecule has 194 valence electrons. The minimum atomic E-state index is -5.32. The van der Waals surface area contributed by atoms with E-state index >= 15 is 0 Å². The zero-order chi connectivity index (χ0) is 26.6. The highest BCUT2D eigenvalue weighted by Crippen LogP contribution is 2.34. The minimum Gasteiger partial charge on any atom is -0.488 e. The van der Waals surface area contributed by atoms with Crippen molar-refractivity contribution < 1.29 is 37.1 Å². The third-order valence-electron chi connectivity index (χ3n) is 6.23. The van der Waals surface area contributed by atoms with E-state index in [-0.39, 0.29) is 18.7 Å². The van der Waals surface area contributed by atoms with Crippen LogP contribution < -0.4 is 15.5 Å². The maximum Gasteiger partial charge on any atom is 0.493 e. The van der Waals surface area contributed by atoms with Gasteiger partial charge in [0.2, 0.25) is 5.91 Å². The Kier molecular flexibility index (Phi) is 7.61. The van der Waals surface area contributed by atoms with E-state index in [0.29, 0.717) is 35.6 Å². The topological polar surface area (TPSA) is 112 Å². The quantitative estimate of drug-likeness (QED) is 0.485. The summed E-state index contributed by atoms with van der Waals surface area (Å²) in [5.74, 6) is -5.49. The van der Waals surface area contributed by atoms with Crippen molar-refractivity contribution in [2.75, 3.05) is 5.06 Å². The first-order chi connectivity index (χ1) is 17.6. The van der Waals surface area contributed by atoms with E-state index in [2.05, 4.69) is 9.82 Å². The zero-order valence-electron chi connectivity index (χ0n) is 19.6. The summed E-state index contributed by atoms with van der Waals surface area (Å²) in [4.78, 5) is 45.5. The molecule has 2 N–H and O–H groups in total. The molecule has 1 heterocycles. The number of hydrogen-bond acceptors (Lipinski definition) is 6. The number of benzene rings is 2. The lowest BCUT2D eigenvalue weighted by atomic mass is 9.78. The van der Waals surface area contributed by atoms with Gasteiger partial charge in [0.15, 0.2) is 0 Å². The largest absolute Gasteiger partial charge is 0.493 e. The van der Waals surface area contributed by atoms with Crippen molar-refractivity contribution in [2.45, 2.75) is 38.5 Å². The van der Waals surface area contributed by atoms with Crippen LogP contribution in [-0.2, 0) is 25.8 Å². The molecule has 8 nitrogen and oxygen atoms in total. The van der Waals surface area contributed by atoms with Crippen LogP contribution in [0.15, 0.2) is 60.8 Å². The Balaban J connectivity index is 1.55. The molecular formula is C26H24F3N3O5. The van der Waals surface area contributed by atoms with Gasteiger partial charge in [-0.1, -0.05) is 37.1 Å². The third-order valence-corrected chi connectivity index (χ3v) is 6.23. The molecule has 0 radical (unpaired) electrons. The number of rotatable bonds is 6. The highest BCUT2D eigenvalue weighted by molar-refractivity contribution is 5.98. The number of nitrogens with two attached hydrogens (primary N) is 1. The molecule has 2 unspecified atom stereocenters. The second kappa shape index (κ2) is 10.9. The average molecular weight is 515 g/mol. The Labute approximate surface area is 210 Å². The van der Waals surface area contributed by atoms with E-state index in [1.165, 1.54) is 24.3 Å². The molecule has 1 saturated carbocycles. The van der Waals surface area contributed by atoms with Gasteiger partial charge >= 0.3 is 12.1 Å². The minimum absolute atomic E-state index is 0.102. The Morgan fingerprint density at radius 3 is 2.32 bits per heavy atom. The molecule has 0 saturated heterocycles. The number of amides is 2. The molecular weight excluding hydrogens is 491 g/mol. The lowest BCUT2D eigenvalue weighted by Crippen LogP contribution is -2.46. The number of para-hydroxylation sites is 1. The summed E-state index contributed by atoms with van der Waals surface area (Å²) in [5, 5.41) is 1.12. The highest BCUT2D eigenvalue weighted by atomic mass is 19.4. The zero-order valence-corrected chi connectivity index (χ0v) is 19.6. The monoisotopic (exact) mass is 515 g/mol. The predicted octanol–water partition coefficient (Wildman–Crippen LogP) is 4.46. The fourth-order valence-corrected chi connectivity index (χ4v) is 4.36. The molecule has 4 rings (SSSR count). The molecule has 0 spiro atoms. The molecule has 0 bridgehead atoms. The number of ether oxygens (including phenoxy) is 1. The number of fused-ring (bicyclic) bond motifs is 1. The molecule has 2 amide bonds. The van der Waals surface area contributed by atoms with Gasteiger partial charge in [0.25, 0.3) is 5.91 Å². The Morgan fingerprint density at radius 1 is 0.973 bits per heavy atom. The van der Waals surface area contributed by atoms with Crippen LogP contribution in [0.3, 0.4) is 0 Å². The molecule has 1 fully saturated rings. The number of pyridine rings is 1. The van der Waals surface area contributed by atoms with E-state index in [4.69, 9.17) is 10.5 Å². The molecule has 1 aliphatic carbocycles. The van der Waals surface area contributed by atoms with Crippen LogP contribution in [0.4, 0.5) is 18.9 Å².